The molecule has 0 aromatic carbocycles. The minimum absolute atomic E-state index is 0.280. The van der Waals surface area contributed by atoms with E-state index < -0.39 is 5.97 Å². The Balaban J connectivity index is 2.67. The van der Waals surface area contributed by atoms with Crippen molar-refractivity contribution in [2.75, 3.05) is 7.11 Å². The number of carbonyl (C=O) groups is 1. The molecule has 0 bridgehead atoms. The van der Waals surface area contributed by atoms with Gasteiger partial charge in [0.05, 0.1) is 12.6 Å². The topological polar surface area (TPSA) is 56.5 Å². The maximum Gasteiger partial charge on any atom is 0.358 e. The summed E-state index contributed by atoms with van der Waals surface area (Å²) < 4.78 is 6.14. The fourth-order valence-electron chi connectivity index (χ4n) is 1.12. The zero-order valence-electron chi connectivity index (χ0n) is 6.97. The second-order valence-corrected chi connectivity index (χ2v) is 2.44. The van der Waals surface area contributed by atoms with E-state index in [1.165, 1.54) is 13.4 Å². The van der Waals surface area contributed by atoms with Gasteiger partial charge in [-0.3, -0.25) is 0 Å². The SMILES string of the molecule is COC(=O)c1ncnn2cccc12. The van der Waals surface area contributed by atoms with E-state index in [4.69, 9.17) is 0 Å². The number of carbonyl (C=O) groups excluding carboxylic acids is 1. The third-order valence-corrected chi connectivity index (χ3v) is 1.71. The molecular formula is C8H7N3O2. The summed E-state index contributed by atoms with van der Waals surface area (Å²) in [4.78, 5) is 15.0. The van der Waals surface area contributed by atoms with Crippen LogP contribution in [-0.4, -0.2) is 27.7 Å². The second kappa shape index (κ2) is 2.85. The molecule has 0 aliphatic carbocycles. The van der Waals surface area contributed by atoms with Crippen molar-refractivity contribution in [3.8, 4) is 0 Å². The van der Waals surface area contributed by atoms with Gasteiger partial charge in [0.2, 0.25) is 0 Å². The maximum atomic E-state index is 11.2. The van der Waals surface area contributed by atoms with Gasteiger partial charge in [0.25, 0.3) is 0 Å². The zero-order chi connectivity index (χ0) is 9.26. The van der Waals surface area contributed by atoms with Crippen molar-refractivity contribution in [2.24, 2.45) is 0 Å². The van der Waals surface area contributed by atoms with Gasteiger partial charge in [-0.2, -0.15) is 5.10 Å². The Morgan fingerprint density at radius 3 is 3.23 bits per heavy atom. The van der Waals surface area contributed by atoms with E-state index in [1.54, 1.807) is 22.8 Å². The number of methoxy groups -OCH3 is 1. The largest absolute Gasteiger partial charge is 0.464 e. The fraction of sp³-hybridized carbons (Fsp3) is 0.125. The van der Waals surface area contributed by atoms with Crippen molar-refractivity contribution >= 4 is 11.5 Å². The van der Waals surface area contributed by atoms with Crippen molar-refractivity contribution in [3.05, 3.63) is 30.4 Å². The molecule has 66 valence electrons. The number of rotatable bonds is 1. The van der Waals surface area contributed by atoms with Gasteiger partial charge in [-0.15, -0.1) is 0 Å². The fourth-order valence-corrected chi connectivity index (χ4v) is 1.12. The Morgan fingerprint density at radius 2 is 2.46 bits per heavy atom. The van der Waals surface area contributed by atoms with Crippen LogP contribution in [-0.2, 0) is 4.74 Å². The summed E-state index contributed by atoms with van der Waals surface area (Å²) in [6.07, 6.45) is 3.06. The molecule has 0 radical (unpaired) electrons. The Kier molecular flexibility index (Phi) is 1.70. The second-order valence-electron chi connectivity index (χ2n) is 2.44. The van der Waals surface area contributed by atoms with Gasteiger partial charge in [-0.25, -0.2) is 14.3 Å². The van der Waals surface area contributed by atoms with Gasteiger partial charge < -0.3 is 4.74 Å². The highest BCUT2D eigenvalue weighted by molar-refractivity contribution is 5.94. The number of fused-ring (bicyclic) bond motifs is 1. The zero-order valence-corrected chi connectivity index (χ0v) is 6.97. The molecule has 5 heteroatoms. The molecule has 0 aliphatic heterocycles. The molecule has 13 heavy (non-hydrogen) atoms. The van der Waals surface area contributed by atoms with Crippen LogP contribution in [0.4, 0.5) is 0 Å². The highest BCUT2D eigenvalue weighted by Gasteiger charge is 2.11. The van der Waals surface area contributed by atoms with E-state index in [0.29, 0.717) is 5.52 Å². The molecule has 2 aromatic heterocycles. The highest BCUT2D eigenvalue weighted by Crippen LogP contribution is 2.07. The van der Waals surface area contributed by atoms with Crippen LogP contribution in [0.5, 0.6) is 0 Å². The summed E-state index contributed by atoms with van der Waals surface area (Å²) in [5.41, 5.74) is 0.928. The molecular weight excluding hydrogens is 170 g/mol. The number of esters is 1. The van der Waals surface area contributed by atoms with Crippen LogP contribution in [0.25, 0.3) is 5.52 Å². The number of nitrogens with zero attached hydrogens (tertiary/aromatic N) is 3. The molecule has 0 saturated heterocycles. The van der Waals surface area contributed by atoms with E-state index in [1.807, 2.05) is 0 Å². The standard InChI is InChI=1S/C8H7N3O2/c1-13-8(12)7-6-3-2-4-11(6)10-5-9-7/h2-5H,1H3. The quantitative estimate of drug-likeness (QED) is 0.596. The molecule has 2 rings (SSSR count). The van der Waals surface area contributed by atoms with Gasteiger partial charge in [0.15, 0.2) is 5.69 Å². The summed E-state index contributed by atoms with van der Waals surface area (Å²) >= 11 is 0. The van der Waals surface area contributed by atoms with Gasteiger partial charge in [0.1, 0.15) is 6.33 Å². The maximum absolute atomic E-state index is 11.2. The van der Waals surface area contributed by atoms with Crippen LogP contribution in [0.1, 0.15) is 10.5 Å². The number of hydrogen-bond acceptors (Lipinski definition) is 4. The minimum atomic E-state index is -0.453. The monoisotopic (exact) mass is 177 g/mol. The molecule has 2 heterocycles. The molecule has 0 N–H and O–H groups in total. The Morgan fingerprint density at radius 1 is 1.62 bits per heavy atom. The Bertz CT molecular complexity index is 449. The third kappa shape index (κ3) is 1.14. The Labute approximate surface area is 74.0 Å². The third-order valence-electron chi connectivity index (χ3n) is 1.71. The van der Waals surface area contributed by atoms with Crippen LogP contribution in [0.15, 0.2) is 24.7 Å². The van der Waals surface area contributed by atoms with Crippen molar-refractivity contribution < 1.29 is 9.53 Å². The van der Waals surface area contributed by atoms with E-state index in [9.17, 15) is 4.79 Å². The van der Waals surface area contributed by atoms with Gasteiger partial charge >= 0.3 is 5.97 Å². The average Bonchev–Trinajstić information content (AvgIpc) is 2.63. The summed E-state index contributed by atoms with van der Waals surface area (Å²) in [5, 5.41) is 3.92. The number of ether oxygens (including phenoxy) is 1. The van der Waals surface area contributed by atoms with Crippen LogP contribution in [0.2, 0.25) is 0 Å². The molecule has 0 unspecified atom stereocenters. The lowest BCUT2D eigenvalue weighted by molar-refractivity contribution is 0.0595. The van der Waals surface area contributed by atoms with E-state index >= 15 is 0 Å². The first-order chi connectivity index (χ1) is 6.33. The minimum Gasteiger partial charge on any atom is -0.464 e. The van der Waals surface area contributed by atoms with Crippen LogP contribution < -0.4 is 0 Å². The smallest absolute Gasteiger partial charge is 0.358 e. The van der Waals surface area contributed by atoms with Gasteiger partial charge in [-0.05, 0) is 12.1 Å². The number of aromatic nitrogens is 3. The molecule has 0 aliphatic rings. The molecule has 0 saturated carbocycles. The summed E-state index contributed by atoms with van der Waals surface area (Å²) in [7, 11) is 1.32. The lowest BCUT2D eigenvalue weighted by atomic mass is 10.4. The molecule has 0 atom stereocenters. The van der Waals surface area contributed by atoms with E-state index in [2.05, 4.69) is 14.8 Å². The summed E-state index contributed by atoms with van der Waals surface area (Å²) in [6, 6.07) is 3.54. The first-order valence-corrected chi connectivity index (χ1v) is 3.69. The lowest BCUT2D eigenvalue weighted by Crippen LogP contribution is -2.07. The van der Waals surface area contributed by atoms with Crippen LogP contribution >= 0.6 is 0 Å². The van der Waals surface area contributed by atoms with Crippen LogP contribution in [0, 0.1) is 0 Å². The normalized spacial score (nSPS) is 10.2. The van der Waals surface area contributed by atoms with Crippen molar-refractivity contribution in [3.63, 3.8) is 0 Å². The first-order valence-electron chi connectivity index (χ1n) is 3.69. The first kappa shape index (κ1) is 7.72. The van der Waals surface area contributed by atoms with Crippen molar-refractivity contribution in [1.82, 2.24) is 14.6 Å². The molecule has 0 fully saturated rings. The Hall–Kier alpha value is -1.91. The van der Waals surface area contributed by atoms with Crippen molar-refractivity contribution in [2.45, 2.75) is 0 Å². The molecule has 5 nitrogen and oxygen atoms in total. The van der Waals surface area contributed by atoms with Crippen molar-refractivity contribution in [1.29, 1.82) is 0 Å². The van der Waals surface area contributed by atoms with Crippen LogP contribution in [0.3, 0.4) is 0 Å². The molecule has 0 spiro atoms. The average molecular weight is 177 g/mol. The predicted octanol–water partition coefficient (Wildman–Crippen LogP) is 0.516. The van der Waals surface area contributed by atoms with E-state index in [-0.39, 0.29) is 5.69 Å². The summed E-state index contributed by atoms with van der Waals surface area (Å²) in [5.74, 6) is -0.453. The van der Waals surface area contributed by atoms with Gasteiger partial charge in [0, 0.05) is 6.20 Å². The van der Waals surface area contributed by atoms with Gasteiger partial charge in [-0.1, -0.05) is 0 Å². The lowest BCUT2D eigenvalue weighted by Gasteiger charge is -1.99. The highest BCUT2D eigenvalue weighted by atomic mass is 16.5. The number of hydrogen-bond donors (Lipinski definition) is 0. The molecule has 2 aromatic rings. The van der Waals surface area contributed by atoms with E-state index in [0.717, 1.165) is 0 Å². The molecule has 0 amide bonds. The predicted molar refractivity (Wildman–Crippen MR) is 44.3 cm³/mol. The summed E-state index contributed by atoms with van der Waals surface area (Å²) in [6.45, 7) is 0.